The van der Waals surface area contributed by atoms with Gasteiger partial charge < -0.3 is 14.8 Å². The fourth-order valence-electron chi connectivity index (χ4n) is 5.98. The molecule has 2 aromatic rings. The van der Waals surface area contributed by atoms with Gasteiger partial charge in [-0.1, -0.05) is 42.0 Å². The Morgan fingerprint density at radius 2 is 1.91 bits per heavy atom. The van der Waals surface area contributed by atoms with Crippen molar-refractivity contribution in [3.05, 3.63) is 75.3 Å². The van der Waals surface area contributed by atoms with Crippen LogP contribution in [0.15, 0.2) is 48.5 Å². The molecule has 1 amide bonds. The highest BCUT2D eigenvalue weighted by Crippen LogP contribution is 2.46. The zero-order valence-corrected chi connectivity index (χ0v) is 19.6. The van der Waals surface area contributed by atoms with E-state index < -0.39 is 10.7 Å². The standard InChI is InChI=1S/C26H31N3O5/c1-17-6-8-18(9-7-17)22-15-20-10-11-23(28(20)2)24(22)25(30)27-16-26(33-12-13-34-26)19-4-3-5-21(14-19)29(31)32/h3-9,14,20,22-24H,10-13,15-16H2,1-2H3,(H,27,30)/t20-,22+,23+,24-/m0/s1. The van der Waals surface area contributed by atoms with Crippen LogP contribution >= 0.6 is 0 Å². The van der Waals surface area contributed by atoms with Crippen LogP contribution in [0.4, 0.5) is 5.69 Å². The summed E-state index contributed by atoms with van der Waals surface area (Å²) in [7, 11) is 2.13. The average molecular weight is 466 g/mol. The number of nitro benzene ring substituents is 1. The van der Waals surface area contributed by atoms with Crippen LogP contribution in [0.1, 0.15) is 41.9 Å². The topological polar surface area (TPSA) is 93.9 Å². The van der Waals surface area contributed by atoms with Crippen LogP contribution in [0, 0.1) is 23.0 Å². The van der Waals surface area contributed by atoms with Crippen molar-refractivity contribution < 1.29 is 19.2 Å². The van der Waals surface area contributed by atoms with Gasteiger partial charge in [-0.2, -0.15) is 0 Å². The van der Waals surface area contributed by atoms with E-state index in [1.807, 2.05) is 0 Å². The number of carbonyl (C=O) groups is 1. The zero-order valence-electron chi connectivity index (χ0n) is 19.6. The number of benzene rings is 2. The predicted octanol–water partition coefficient (Wildman–Crippen LogP) is 3.49. The number of piperidine rings is 1. The van der Waals surface area contributed by atoms with E-state index in [1.165, 1.54) is 23.3 Å². The molecule has 34 heavy (non-hydrogen) atoms. The Bertz CT molecular complexity index is 1070. The van der Waals surface area contributed by atoms with Gasteiger partial charge in [-0.3, -0.25) is 19.8 Å². The number of ether oxygens (including phenoxy) is 2. The highest BCUT2D eigenvalue weighted by Gasteiger charge is 2.49. The fraction of sp³-hybridized carbons (Fsp3) is 0.500. The molecule has 0 spiro atoms. The molecule has 2 aromatic carbocycles. The lowest BCUT2D eigenvalue weighted by Crippen LogP contribution is -2.53. The highest BCUT2D eigenvalue weighted by atomic mass is 16.7. The van der Waals surface area contributed by atoms with E-state index >= 15 is 0 Å². The van der Waals surface area contributed by atoms with Gasteiger partial charge in [0, 0.05) is 29.8 Å². The first-order valence-corrected chi connectivity index (χ1v) is 12.0. The molecule has 3 heterocycles. The molecule has 180 valence electrons. The van der Waals surface area contributed by atoms with Gasteiger partial charge in [0.2, 0.25) is 11.7 Å². The molecule has 0 saturated carbocycles. The fourth-order valence-corrected chi connectivity index (χ4v) is 5.98. The Labute approximate surface area is 199 Å². The van der Waals surface area contributed by atoms with E-state index in [4.69, 9.17) is 9.47 Å². The summed E-state index contributed by atoms with van der Waals surface area (Å²) >= 11 is 0. The molecule has 0 aliphatic carbocycles. The van der Waals surface area contributed by atoms with Crippen molar-refractivity contribution in [3.8, 4) is 0 Å². The minimum absolute atomic E-state index is 0.0216. The predicted molar refractivity (Wildman–Crippen MR) is 126 cm³/mol. The molecule has 4 atom stereocenters. The molecule has 0 aromatic heterocycles. The van der Waals surface area contributed by atoms with Crippen molar-refractivity contribution in [2.45, 2.75) is 50.0 Å². The summed E-state index contributed by atoms with van der Waals surface area (Å²) in [4.78, 5) is 27.0. The first-order chi connectivity index (χ1) is 16.4. The Morgan fingerprint density at radius 1 is 1.18 bits per heavy atom. The molecule has 5 rings (SSSR count). The third-order valence-corrected chi connectivity index (χ3v) is 7.82. The smallest absolute Gasteiger partial charge is 0.269 e. The monoisotopic (exact) mass is 465 g/mol. The van der Waals surface area contributed by atoms with Crippen LogP contribution in [-0.2, 0) is 20.1 Å². The quantitative estimate of drug-likeness (QED) is 0.519. The highest BCUT2D eigenvalue weighted by molar-refractivity contribution is 5.81. The molecule has 2 bridgehead atoms. The van der Waals surface area contributed by atoms with Gasteiger partial charge in [-0.15, -0.1) is 0 Å². The molecule has 0 unspecified atom stereocenters. The Kier molecular flexibility index (Phi) is 6.14. The second-order valence-corrected chi connectivity index (χ2v) is 9.72. The molecule has 1 N–H and O–H groups in total. The number of aryl methyl sites for hydroxylation is 1. The van der Waals surface area contributed by atoms with Crippen molar-refractivity contribution in [3.63, 3.8) is 0 Å². The minimum atomic E-state index is -1.22. The number of nitrogens with zero attached hydrogens (tertiary/aromatic N) is 2. The second-order valence-electron chi connectivity index (χ2n) is 9.72. The number of hydrogen-bond donors (Lipinski definition) is 1. The number of carbonyl (C=O) groups excluding carboxylic acids is 1. The van der Waals surface area contributed by atoms with Crippen LogP contribution in [0.5, 0.6) is 0 Å². The third kappa shape index (κ3) is 4.10. The molecule has 3 aliphatic heterocycles. The Morgan fingerprint density at radius 3 is 2.62 bits per heavy atom. The maximum atomic E-state index is 13.7. The molecule has 0 radical (unpaired) electrons. The van der Waals surface area contributed by atoms with E-state index in [1.54, 1.807) is 12.1 Å². The van der Waals surface area contributed by atoms with E-state index in [9.17, 15) is 14.9 Å². The molecule has 3 saturated heterocycles. The van der Waals surface area contributed by atoms with Gasteiger partial charge in [0.25, 0.3) is 5.69 Å². The lowest BCUT2D eigenvalue weighted by molar-refractivity contribution is -0.385. The number of nitro groups is 1. The first-order valence-electron chi connectivity index (χ1n) is 12.0. The van der Waals surface area contributed by atoms with E-state index in [0.29, 0.717) is 24.8 Å². The normalized spacial score (nSPS) is 28.1. The molecule has 3 aliphatic rings. The maximum absolute atomic E-state index is 13.7. The summed E-state index contributed by atoms with van der Waals surface area (Å²) in [6.45, 7) is 2.90. The zero-order chi connectivity index (χ0) is 23.9. The van der Waals surface area contributed by atoms with Crippen LogP contribution in [0.25, 0.3) is 0 Å². The van der Waals surface area contributed by atoms with Crippen LogP contribution in [0.3, 0.4) is 0 Å². The largest absolute Gasteiger partial charge is 0.350 e. The van der Waals surface area contributed by atoms with Gasteiger partial charge in [0.15, 0.2) is 0 Å². The molecular formula is C26H31N3O5. The second kappa shape index (κ2) is 9.09. The molecule has 8 nitrogen and oxygen atoms in total. The molecule has 3 fully saturated rings. The molecule has 8 heteroatoms. The number of non-ortho nitro benzene ring substituents is 1. The van der Waals surface area contributed by atoms with E-state index in [0.717, 1.165) is 19.3 Å². The summed E-state index contributed by atoms with van der Waals surface area (Å²) in [6, 6.07) is 15.5. The van der Waals surface area contributed by atoms with Crippen molar-refractivity contribution in [2.24, 2.45) is 5.92 Å². The van der Waals surface area contributed by atoms with E-state index in [2.05, 4.69) is 48.5 Å². The van der Waals surface area contributed by atoms with Crippen molar-refractivity contribution in [1.29, 1.82) is 0 Å². The van der Waals surface area contributed by atoms with Gasteiger partial charge in [0.05, 0.1) is 30.6 Å². The lowest BCUT2D eigenvalue weighted by Gasteiger charge is -2.42. The Balaban J connectivity index is 1.39. The lowest BCUT2D eigenvalue weighted by atomic mass is 9.75. The Hall–Kier alpha value is -2.81. The number of amides is 1. The SMILES string of the molecule is Cc1ccc([C@H]2C[C@@H]3CC[C@H]([C@H]2C(=O)NCC2(c4cccc([N+](=O)[O-])c4)OCCO2)N3C)cc1. The van der Waals surface area contributed by atoms with E-state index in [-0.39, 0.29) is 36.0 Å². The third-order valence-electron chi connectivity index (χ3n) is 7.82. The van der Waals surface area contributed by atoms with Gasteiger partial charge in [-0.05, 0) is 44.7 Å². The number of rotatable bonds is 6. The number of nitrogens with one attached hydrogen (secondary N) is 1. The summed E-state index contributed by atoms with van der Waals surface area (Å²) < 4.78 is 11.9. The van der Waals surface area contributed by atoms with Crippen molar-refractivity contribution in [2.75, 3.05) is 26.8 Å². The number of hydrogen-bond acceptors (Lipinski definition) is 6. The van der Waals surface area contributed by atoms with Crippen LogP contribution in [0.2, 0.25) is 0 Å². The summed E-state index contributed by atoms with van der Waals surface area (Å²) in [5, 5.41) is 14.4. The van der Waals surface area contributed by atoms with Gasteiger partial charge >= 0.3 is 0 Å². The maximum Gasteiger partial charge on any atom is 0.269 e. The van der Waals surface area contributed by atoms with Gasteiger partial charge in [-0.25, -0.2) is 0 Å². The molecular weight excluding hydrogens is 434 g/mol. The van der Waals surface area contributed by atoms with Crippen molar-refractivity contribution in [1.82, 2.24) is 10.2 Å². The summed E-state index contributed by atoms with van der Waals surface area (Å²) in [6.07, 6.45) is 3.07. The first kappa shape index (κ1) is 23.0. The minimum Gasteiger partial charge on any atom is -0.350 e. The summed E-state index contributed by atoms with van der Waals surface area (Å²) in [5.74, 6) is -1.28. The van der Waals surface area contributed by atoms with Crippen LogP contribution < -0.4 is 5.32 Å². The van der Waals surface area contributed by atoms with Crippen LogP contribution in [-0.4, -0.2) is 54.6 Å². The van der Waals surface area contributed by atoms with Crippen molar-refractivity contribution >= 4 is 11.6 Å². The van der Waals surface area contributed by atoms with Gasteiger partial charge in [0.1, 0.15) is 0 Å². The summed E-state index contributed by atoms with van der Waals surface area (Å²) in [5.41, 5.74) is 2.91. The number of fused-ring (bicyclic) bond motifs is 2. The average Bonchev–Trinajstić information content (AvgIpc) is 3.40.